The fraction of sp³-hybridized carbons (Fsp3) is 0.529. The maximum absolute atomic E-state index is 12.7. The average Bonchev–Trinajstić information content (AvgIpc) is 2.95. The minimum Gasteiger partial charge on any atom is -0.348 e. The molecule has 0 bridgehead atoms. The lowest BCUT2D eigenvalue weighted by Gasteiger charge is -2.23. The molecular weight excluding hydrogens is 342 g/mol. The van der Waals surface area contributed by atoms with Crippen LogP contribution in [0.3, 0.4) is 0 Å². The third-order valence-corrected chi connectivity index (χ3v) is 6.52. The van der Waals surface area contributed by atoms with Gasteiger partial charge in [0.15, 0.2) is 9.84 Å². The van der Waals surface area contributed by atoms with Crippen molar-refractivity contribution in [2.45, 2.75) is 45.3 Å². The SMILES string of the molecule is CCCn1c(=O)n(CC(=O)N[C@@]2(C)CCS(=O)(=O)C2)c2ccccc21. The fourth-order valence-corrected chi connectivity index (χ4v) is 5.59. The highest BCUT2D eigenvalue weighted by molar-refractivity contribution is 7.91. The van der Waals surface area contributed by atoms with E-state index in [1.807, 2.05) is 31.2 Å². The van der Waals surface area contributed by atoms with Crippen molar-refractivity contribution in [3.8, 4) is 0 Å². The van der Waals surface area contributed by atoms with Crippen LogP contribution >= 0.6 is 0 Å². The summed E-state index contributed by atoms with van der Waals surface area (Å²) in [6.07, 6.45) is 1.21. The number of carbonyl (C=O) groups excluding carboxylic acids is 1. The molecule has 0 unspecified atom stereocenters. The van der Waals surface area contributed by atoms with Crippen molar-refractivity contribution in [3.63, 3.8) is 0 Å². The fourth-order valence-electron chi connectivity index (χ4n) is 3.49. The van der Waals surface area contributed by atoms with Gasteiger partial charge < -0.3 is 5.32 Å². The molecule has 1 N–H and O–H groups in total. The first kappa shape index (κ1) is 17.7. The Bertz CT molecular complexity index is 973. The van der Waals surface area contributed by atoms with Gasteiger partial charge in [0.25, 0.3) is 0 Å². The van der Waals surface area contributed by atoms with Gasteiger partial charge in [0, 0.05) is 6.54 Å². The van der Waals surface area contributed by atoms with Crippen molar-refractivity contribution >= 4 is 26.8 Å². The highest BCUT2D eigenvalue weighted by Crippen LogP contribution is 2.23. The molecule has 1 saturated heterocycles. The van der Waals surface area contributed by atoms with Gasteiger partial charge in [-0.2, -0.15) is 0 Å². The van der Waals surface area contributed by atoms with Gasteiger partial charge in [-0.15, -0.1) is 0 Å². The van der Waals surface area contributed by atoms with E-state index in [4.69, 9.17) is 0 Å². The lowest BCUT2D eigenvalue weighted by atomic mass is 10.0. The molecule has 2 heterocycles. The Morgan fingerprint density at radius 2 is 1.88 bits per heavy atom. The number of aryl methyl sites for hydroxylation is 1. The summed E-state index contributed by atoms with van der Waals surface area (Å²) in [7, 11) is -3.11. The van der Waals surface area contributed by atoms with Crippen LogP contribution in [0, 0.1) is 0 Å². The van der Waals surface area contributed by atoms with Gasteiger partial charge in [-0.3, -0.25) is 13.9 Å². The monoisotopic (exact) mass is 365 g/mol. The second-order valence-corrected chi connectivity index (χ2v) is 9.14. The predicted octanol–water partition coefficient (Wildman–Crippen LogP) is 0.906. The molecule has 0 radical (unpaired) electrons. The van der Waals surface area contributed by atoms with E-state index in [9.17, 15) is 18.0 Å². The van der Waals surface area contributed by atoms with Crippen molar-refractivity contribution in [2.75, 3.05) is 11.5 Å². The van der Waals surface area contributed by atoms with Crippen LogP contribution in [0.15, 0.2) is 29.1 Å². The van der Waals surface area contributed by atoms with Crippen molar-refractivity contribution in [1.82, 2.24) is 14.5 Å². The van der Waals surface area contributed by atoms with Crippen LogP contribution in [0.4, 0.5) is 0 Å². The zero-order valence-corrected chi connectivity index (χ0v) is 15.3. The molecular formula is C17H23N3O4S. The Hall–Kier alpha value is -2.09. The summed E-state index contributed by atoms with van der Waals surface area (Å²) in [6, 6.07) is 7.38. The Labute approximate surface area is 146 Å². The predicted molar refractivity (Wildman–Crippen MR) is 96.3 cm³/mol. The molecule has 1 aliphatic heterocycles. The lowest BCUT2D eigenvalue weighted by Crippen LogP contribution is -2.48. The van der Waals surface area contributed by atoms with E-state index in [-0.39, 0.29) is 29.6 Å². The molecule has 1 aromatic carbocycles. The third kappa shape index (κ3) is 3.49. The number of carbonyl (C=O) groups is 1. The molecule has 1 amide bonds. The lowest BCUT2D eigenvalue weighted by molar-refractivity contribution is -0.123. The van der Waals surface area contributed by atoms with Gasteiger partial charge in [-0.25, -0.2) is 13.2 Å². The highest BCUT2D eigenvalue weighted by Gasteiger charge is 2.39. The number of para-hydroxylation sites is 2. The number of imidazole rings is 1. The number of hydrogen-bond donors (Lipinski definition) is 1. The van der Waals surface area contributed by atoms with E-state index < -0.39 is 15.4 Å². The van der Waals surface area contributed by atoms with Crippen molar-refractivity contribution < 1.29 is 13.2 Å². The molecule has 136 valence electrons. The zero-order valence-electron chi connectivity index (χ0n) is 14.5. The summed E-state index contributed by atoms with van der Waals surface area (Å²) in [5.41, 5.74) is 0.529. The van der Waals surface area contributed by atoms with E-state index in [0.717, 1.165) is 11.9 Å². The van der Waals surface area contributed by atoms with Gasteiger partial charge in [0.2, 0.25) is 5.91 Å². The van der Waals surface area contributed by atoms with Crippen LogP contribution in [0.1, 0.15) is 26.7 Å². The quantitative estimate of drug-likeness (QED) is 0.853. The molecule has 1 atom stereocenters. The van der Waals surface area contributed by atoms with E-state index in [2.05, 4.69) is 5.32 Å². The topological polar surface area (TPSA) is 90.2 Å². The molecule has 3 rings (SSSR count). The first-order valence-electron chi connectivity index (χ1n) is 8.44. The van der Waals surface area contributed by atoms with Gasteiger partial charge in [-0.1, -0.05) is 19.1 Å². The maximum atomic E-state index is 12.7. The molecule has 1 aromatic heterocycles. The van der Waals surface area contributed by atoms with E-state index in [1.165, 1.54) is 4.57 Å². The second kappa shape index (κ2) is 6.33. The Balaban J connectivity index is 1.87. The molecule has 0 saturated carbocycles. The van der Waals surface area contributed by atoms with Crippen molar-refractivity contribution in [1.29, 1.82) is 0 Å². The number of rotatable bonds is 5. The number of hydrogen-bond acceptors (Lipinski definition) is 4. The summed E-state index contributed by atoms with van der Waals surface area (Å²) >= 11 is 0. The zero-order chi connectivity index (χ0) is 18.2. The standard InChI is InChI=1S/C17H23N3O4S/c1-3-9-19-13-6-4-5-7-14(13)20(16(19)22)11-15(21)18-17(2)8-10-25(23,24)12-17/h4-7H,3,8-12H2,1-2H3,(H,18,21)/t17-/m0/s1. The molecule has 1 fully saturated rings. The number of nitrogens with zero attached hydrogens (tertiary/aromatic N) is 2. The number of amides is 1. The van der Waals surface area contributed by atoms with Crippen molar-refractivity contribution in [3.05, 3.63) is 34.7 Å². The van der Waals surface area contributed by atoms with Crippen LogP contribution < -0.4 is 11.0 Å². The van der Waals surface area contributed by atoms with E-state index in [1.54, 1.807) is 11.5 Å². The normalized spacial score (nSPS) is 22.3. The van der Waals surface area contributed by atoms with Crippen molar-refractivity contribution in [2.24, 2.45) is 0 Å². The second-order valence-electron chi connectivity index (χ2n) is 6.96. The first-order valence-corrected chi connectivity index (χ1v) is 10.3. The Kier molecular flexibility index (Phi) is 4.49. The summed E-state index contributed by atoms with van der Waals surface area (Å²) in [5.74, 6) is -0.321. The average molecular weight is 365 g/mol. The highest BCUT2D eigenvalue weighted by atomic mass is 32.2. The van der Waals surface area contributed by atoms with E-state index >= 15 is 0 Å². The van der Waals surface area contributed by atoms with Gasteiger partial charge >= 0.3 is 5.69 Å². The van der Waals surface area contributed by atoms with Crippen LogP contribution in [0.25, 0.3) is 11.0 Å². The number of nitrogens with one attached hydrogen (secondary N) is 1. The van der Waals surface area contributed by atoms with Crippen LogP contribution in [-0.2, 0) is 27.7 Å². The van der Waals surface area contributed by atoms with E-state index in [0.29, 0.717) is 18.5 Å². The molecule has 0 aliphatic carbocycles. The number of sulfone groups is 1. The van der Waals surface area contributed by atoms with Crippen LogP contribution in [0.2, 0.25) is 0 Å². The third-order valence-electron chi connectivity index (χ3n) is 4.62. The maximum Gasteiger partial charge on any atom is 0.329 e. The first-order chi connectivity index (χ1) is 11.7. The minimum absolute atomic E-state index is 0.0573. The summed E-state index contributed by atoms with van der Waals surface area (Å²) < 4.78 is 26.5. The molecule has 8 heteroatoms. The summed E-state index contributed by atoms with van der Waals surface area (Å²) in [4.78, 5) is 25.2. The molecule has 25 heavy (non-hydrogen) atoms. The van der Waals surface area contributed by atoms with Crippen LogP contribution in [0.5, 0.6) is 0 Å². The molecule has 0 spiro atoms. The summed E-state index contributed by atoms with van der Waals surface area (Å²) in [6.45, 7) is 4.20. The number of fused-ring (bicyclic) bond motifs is 1. The Morgan fingerprint density at radius 3 is 2.44 bits per heavy atom. The van der Waals surface area contributed by atoms with Gasteiger partial charge in [0.05, 0.1) is 28.1 Å². The molecule has 2 aromatic rings. The van der Waals surface area contributed by atoms with Gasteiger partial charge in [0.1, 0.15) is 6.54 Å². The smallest absolute Gasteiger partial charge is 0.329 e. The summed E-state index contributed by atoms with van der Waals surface area (Å²) in [5, 5.41) is 2.81. The Morgan fingerprint density at radius 1 is 1.24 bits per heavy atom. The molecule has 1 aliphatic rings. The number of benzene rings is 1. The largest absolute Gasteiger partial charge is 0.348 e. The number of aromatic nitrogens is 2. The van der Waals surface area contributed by atoms with Crippen LogP contribution in [-0.4, -0.2) is 40.5 Å². The molecule has 7 nitrogen and oxygen atoms in total. The van der Waals surface area contributed by atoms with Gasteiger partial charge in [-0.05, 0) is 31.9 Å². The minimum atomic E-state index is -3.11.